The number of hydrogen-bond acceptors (Lipinski definition) is 5. The van der Waals surface area contributed by atoms with Crippen molar-refractivity contribution in [1.82, 2.24) is 5.32 Å². The molecule has 3 aromatic rings. The predicted molar refractivity (Wildman–Crippen MR) is 130 cm³/mol. The molecule has 1 atom stereocenters. The van der Waals surface area contributed by atoms with E-state index in [1.54, 1.807) is 48.5 Å². The van der Waals surface area contributed by atoms with E-state index in [0.29, 0.717) is 42.3 Å². The Hall–Kier alpha value is -3.84. The number of carbonyl (C=O) groups is 2. The van der Waals surface area contributed by atoms with E-state index < -0.39 is 0 Å². The van der Waals surface area contributed by atoms with Crippen LogP contribution in [0.1, 0.15) is 33.6 Å². The van der Waals surface area contributed by atoms with Crippen molar-refractivity contribution in [2.75, 3.05) is 31.7 Å². The van der Waals surface area contributed by atoms with Gasteiger partial charge in [-0.3, -0.25) is 9.59 Å². The number of benzene rings is 3. The van der Waals surface area contributed by atoms with Gasteiger partial charge in [-0.2, -0.15) is 0 Å². The fourth-order valence-corrected chi connectivity index (χ4v) is 3.58. The first kappa shape index (κ1) is 23.3. The highest BCUT2D eigenvalue weighted by molar-refractivity contribution is 6.04. The smallest absolute Gasteiger partial charge is 0.255 e. The highest BCUT2D eigenvalue weighted by atomic mass is 16.5. The van der Waals surface area contributed by atoms with Gasteiger partial charge in [-0.15, -0.1) is 0 Å². The fraction of sp³-hybridized carbons (Fsp3) is 0.259. The zero-order valence-corrected chi connectivity index (χ0v) is 18.9. The van der Waals surface area contributed by atoms with Crippen LogP contribution in [0.25, 0.3) is 0 Å². The van der Waals surface area contributed by atoms with Gasteiger partial charge in [0.15, 0.2) is 0 Å². The molecule has 34 heavy (non-hydrogen) atoms. The van der Waals surface area contributed by atoms with Crippen LogP contribution in [0.2, 0.25) is 0 Å². The summed E-state index contributed by atoms with van der Waals surface area (Å²) in [5.41, 5.74) is 1.60. The van der Waals surface area contributed by atoms with E-state index in [0.717, 1.165) is 25.2 Å². The highest BCUT2D eigenvalue weighted by Crippen LogP contribution is 2.17. The molecule has 1 heterocycles. The number of anilines is 1. The molecule has 176 valence electrons. The molecule has 0 spiro atoms. The maximum absolute atomic E-state index is 12.7. The molecule has 2 N–H and O–H groups in total. The molecular weight excluding hydrogens is 432 g/mol. The number of rotatable bonds is 10. The van der Waals surface area contributed by atoms with Gasteiger partial charge in [0.25, 0.3) is 11.8 Å². The number of ether oxygens (including phenoxy) is 3. The lowest BCUT2D eigenvalue weighted by Gasteiger charge is -2.11. The third kappa shape index (κ3) is 6.83. The van der Waals surface area contributed by atoms with Crippen molar-refractivity contribution in [2.45, 2.75) is 18.9 Å². The summed E-state index contributed by atoms with van der Waals surface area (Å²) in [6, 6.07) is 23.3. The Morgan fingerprint density at radius 3 is 2.29 bits per heavy atom. The molecule has 0 radical (unpaired) electrons. The van der Waals surface area contributed by atoms with Crippen molar-refractivity contribution >= 4 is 17.5 Å². The molecule has 0 saturated carbocycles. The minimum Gasteiger partial charge on any atom is -0.490 e. The van der Waals surface area contributed by atoms with E-state index in [4.69, 9.17) is 14.2 Å². The van der Waals surface area contributed by atoms with E-state index in [2.05, 4.69) is 10.6 Å². The van der Waals surface area contributed by atoms with Crippen LogP contribution in [0, 0.1) is 0 Å². The summed E-state index contributed by atoms with van der Waals surface area (Å²) in [4.78, 5) is 25.0. The lowest BCUT2D eigenvalue weighted by atomic mass is 10.1. The normalized spacial score (nSPS) is 14.9. The van der Waals surface area contributed by atoms with Gasteiger partial charge >= 0.3 is 0 Å². The molecule has 1 saturated heterocycles. The Morgan fingerprint density at radius 2 is 1.56 bits per heavy atom. The van der Waals surface area contributed by atoms with Gasteiger partial charge in [-0.25, -0.2) is 0 Å². The van der Waals surface area contributed by atoms with Crippen molar-refractivity contribution in [3.8, 4) is 11.5 Å². The second kappa shape index (κ2) is 11.9. The van der Waals surface area contributed by atoms with Crippen LogP contribution in [0.4, 0.5) is 5.69 Å². The van der Waals surface area contributed by atoms with Gasteiger partial charge in [0.2, 0.25) is 0 Å². The molecule has 7 heteroatoms. The van der Waals surface area contributed by atoms with Crippen LogP contribution < -0.4 is 20.1 Å². The van der Waals surface area contributed by atoms with Crippen LogP contribution in [0.15, 0.2) is 78.9 Å². The van der Waals surface area contributed by atoms with Crippen LogP contribution in [0.3, 0.4) is 0 Å². The number of carbonyl (C=O) groups excluding carboxylic acids is 2. The third-order valence-corrected chi connectivity index (χ3v) is 5.38. The SMILES string of the molecule is O=C(NCC1CCCO1)c1ccc(NC(=O)c2cccc(OCCOc3ccccc3)c2)cc1. The number of amides is 2. The Bertz CT molecular complexity index is 1080. The first-order valence-electron chi connectivity index (χ1n) is 11.4. The maximum atomic E-state index is 12.7. The minimum absolute atomic E-state index is 0.0960. The van der Waals surface area contributed by atoms with Crippen molar-refractivity contribution in [3.63, 3.8) is 0 Å². The van der Waals surface area contributed by atoms with Gasteiger partial charge < -0.3 is 24.8 Å². The standard InChI is InChI=1S/C27H28N2O5/c30-26(28-19-25-10-5-15-32-25)20-11-13-22(14-12-20)29-27(31)21-6-4-9-24(18-21)34-17-16-33-23-7-2-1-3-8-23/h1-4,6-9,11-14,18,25H,5,10,15-17,19H2,(H,28,30)(H,29,31). The summed E-state index contributed by atoms with van der Waals surface area (Å²) in [5, 5.41) is 5.74. The number of nitrogens with one attached hydrogen (secondary N) is 2. The summed E-state index contributed by atoms with van der Waals surface area (Å²) >= 11 is 0. The molecule has 1 aliphatic rings. The molecular formula is C27H28N2O5. The Morgan fingerprint density at radius 1 is 0.824 bits per heavy atom. The van der Waals surface area contributed by atoms with Crippen LogP contribution in [0.5, 0.6) is 11.5 Å². The molecule has 7 nitrogen and oxygen atoms in total. The number of hydrogen-bond donors (Lipinski definition) is 2. The van der Waals surface area contributed by atoms with Gasteiger partial charge in [0.1, 0.15) is 24.7 Å². The van der Waals surface area contributed by atoms with Crippen molar-refractivity contribution in [2.24, 2.45) is 0 Å². The Kier molecular flexibility index (Phi) is 8.13. The molecule has 4 rings (SSSR count). The predicted octanol–water partition coefficient (Wildman–Crippen LogP) is 4.31. The summed E-state index contributed by atoms with van der Waals surface area (Å²) in [6.07, 6.45) is 2.10. The average Bonchev–Trinajstić information content (AvgIpc) is 3.40. The molecule has 3 aromatic carbocycles. The first-order chi connectivity index (χ1) is 16.7. The molecule has 1 unspecified atom stereocenters. The second-order valence-electron chi connectivity index (χ2n) is 7.91. The van der Waals surface area contributed by atoms with Crippen molar-refractivity contribution in [1.29, 1.82) is 0 Å². The highest BCUT2D eigenvalue weighted by Gasteiger charge is 2.16. The second-order valence-corrected chi connectivity index (χ2v) is 7.91. The summed E-state index contributed by atoms with van der Waals surface area (Å²) in [6.45, 7) is 2.02. The zero-order valence-electron chi connectivity index (χ0n) is 18.9. The Labute approximate surface area is 199 Å². The van der Waals surface area contributed by atoms with E-state index in [1.807, 2.05) is 30.3 Å². The van der Waals surface area contributed by atoms with E-state index in [1.165, 1.54) is 0 Å². The molecule has 1 aliphatic heterocycles. The largest absolute Gasteiger partial charge is 0.490 e. The molecule has 0 aromatic heterocycles. The van der Waals surface area contributed by atoms with Crippen LogP contribution >= 0.6 is 0 Å². The summed E-state index contributed by atoms with van der Waals surface area (Å²) < 4.78 is 16.8. The van der Waals surface area contributed by atoms with E-state index >= 15 is 0 Å². The minimum atomic E-state index is -0.262. The van der Waals surface area contributed by atoms with Crippen LogP contribution in [-0.4, -0.2) is 44.3 Å². The summed E-state index contributed by atoms with van der Waals surface area (Å²) in [7, 11) is 0. The molecule has 0 aliphatic carbocycles. The zero-order chi connectivity index (χ0) is 23.6. The monoisotopic (exact) mass is 460 g/mol. The first-order valence-corrected chi connectivity index (χ1v) is 11.4. The van der Waals surface area contributed by atoms with Gasteiger partial charge in [-0.1, -0.05) is 24.3 Å². The topological polar surface area (TPSA) is 85.9 Å². The van der Waals surface area contributed by atoms with Gasteiger partial charge in [0.05, 0.1) is 6.10 Å². The lowest BCUT2D eigenvalue weighted by Crippen LogP contribution is -2.31. The van der Waals surface area contributed by atoms with E-state index in [-0.39, 0.29) is 17.9 Å². The quantitative estimate of drug-likeness (QED) is 0.441. The summed E-state index contributed by atoms with van der Waals surface area (Å²) in [5.74, 6) is 0.948. The van der Waals surface area contributed by atoms with Crippen molar-refractivity contribution < 1.29 is 23.8 Å². The molecule has 1 fully saturated rings. The van der Waals surface area contributed by atoms with Gasteiger partial charge in [0, 0.05) is 30.0 Å². The van der Waals surface area contributed by atoms with Crippen molar-refractivity contribution in [3.05, 3.63) is 90.0 Å². The molecule has 0 bridgehead atoms. The van der Waals surface area contributed by atoms with E-state index in [9.17, 15) is 9.59 Å². The lowest BCUT2D eigenvalue weighted by molar-refractivity contribution is 0.0857. The third-order valence-electron chi connectivity index (χ3n) is 5.38. The molecule has 2 amide bonds. The average molecular weight is 461 g/mol. The number of para-hydroxylation sites is 1. The van der Waals surface area contributed by atoms with Crippen LogP contribution in [-0.2, 0) is 4.74 Å². The van der Waals surface area contributed by atoms with Gasteiger partial charge in [-0.05, 0) is 67.4 Å². The fourth-order valence-electron chi connectivity index (χ4n) is 3.58. The Balaban J connectivity index is 1.24. The maximum Gasteiger partial charge on any atom is 0.255 e.